The second-order valence-electron chi connectivity index (χ2n) is 2.53. The summed E-state index contributed by atoms with van der Waals surface area (Å²) in [4.78, 5) is 12.5. The van der Waals surface area contributed by atoms with Crippen molar-refractivity contribution in [3.63, 3.8) is 0 Å². The minimum atomic E-state index is -0.330. The molecule has 0 aliphatic carbocycles. The van der Waals surface area contributed by atoms with Gasteiger partial charge >= 0.3 is 0 Å². The standard InChI is InChI=1S/C7H16N2O2/c1-3-6(7(8)11)9(2)4-5-10/h6,10H,3-5H2,1-2H3,(H2,8,11). The third-order valence-corrected chi connectivity index (χ3v) is 1.70. The normalized spacial score (nSPS) is 13.5. The van der Waals surface area contributed by atoms with Gasteiger partial charge in [0.25, 0.3) is 0 Å². The summed E-state index contributed by atoms with van der Waals surface area (Å²) in [5, 5.41) is 8.57. The predicted molar refractivity (Wildman–Crippen MR) is 43.0 cm³/mol. The summed E-state index contributed by atoms with van der Waals surface area (Å²) in [6.45, 7) is 2.44. The SMILES string of the molecule is CCC(C(N)=O)N(C)CCO. The topological polar surface area (TPSA) is 66.6 Å². The second kappa shape index (κ2) is 5.09. The van der Waals surface area contributed by atoms with Crippen molar-refractivity contribution in [3.8, 4) is 0 Å². The van der Waals surface area contributed by atoms with Crippen LogP contribution in [0.25, 0.3) is 0 Å². The van der Waals surface area contributed by atoms with Crippen LogP contribution in [0.15, 0.2) is 0 Å². The maximum atomic E-state index is 10.7. The van der Waals surface area contributed by atoms with E-state index in [9.17, 15) is 4.79 Å². The molecular formula is C7H16N2O2. The highest BCUT2D eigenvalue weighted by atomic mass is 16.3. The van der Waals surface area contributed by atoms with Gasteiger partial charge in [0.1, 0.15) is 0 Å². The fourth-order valence-electron chi connectivity index (χ4n) is 1.04. The molecule has 0 bridgehead atoms. The van der Waals surface area contributed by atoms with Gasteiger partial charge in [-0.15, -0.1) is 0 Å². The summed E-state index contributed by atoms with van der Waals surface area (Å²) in [5.41, 5.74) is 5.12. The van der Waals surface area contributed by atoms with Crippen LogP contribution in [-0.4, -0.2) is 42.2 Å². The highest BCUT2D eigenvalue weighted by Gasteiger charge is 2.16. The summed E-state index contributed by atoms with van der Waals surface area (Å²) in [6.07, 6.45) is 0.686. The minimum Gasteiger partial charge on any atom is -0.395 e. The number of hydrogen-bond acceptors (Lipinski definition) is 3. The van der Waals surface area contributed by atoms with Crippen molar-refractivity contribution in [1.82, 2.24) is 4.90 Å². The van der Waals surface area contributed by atoms with Crippen molar-refractivity contribution in [2.24, 2.45) is 5.73 Å². The fraction of sp³-hybridized carbons (Fsp3) is 0.857. The zero-order valence-corrected chi connectivity index (χ0v) is 7.08. The van der Waals surface area contributed by atoms with Gasteiger partial charge < -0.3 is 10.8 Å². The summed E-state index contributed by atoms with van der Waals surface area (Å²) >= 11 is 0. The molecule has 0 saturated heterocycles. The molecule has 1 amide bonds. The molecule has 11 heavy (non-hydrogen) atoms. The molecule has 0 radical (unpaired) electrons. The fourth-order valence-corrected chi connectivity index (χ4v) is 1.04. The van der Waals surface area contributed by atoms with Crippen molar-refractivity contribution in [2.45, 2.75) is 19.4 Å². The molecule has 0 spiro atoms. The second-order valence-corrected chi connectivity index (χ2v) is 2.53. The average Bonchev–Trinajstić information content (AvgIpc) is 1.88. The number of likely N-dealkylation sites (N-methyl/N-ethyl adjacent to an activating group) is 1. The number of carbonyl (C=O) groups is 1. The van der Waals surface area contributed by atoms with Crippen LogP contribution < -0.4 is 5.73 Å². The van der Waals surface area contributed by atoms with Crippen LogP contribution in [0.2, 0.25) is 0 Å². The monoisotopic (exact) mass is 160 g/mol. The van der Waals surface area contributed by atoms with Crippen molar-refractivity contribution in [3.05, 3.63) is 0 Å². The molecule has 66 valence electrons. The van der Waals surface area contributed by atoms with E-state index >= 15 is 0 Å². The number of carbonyl (C=O) groups excluding carboxylic acids is 1. The van der Waals surface area contributed by atoms with Gasteiger partial charge in [-0.05, 0) is 13.5 Å². The van der Waals surface area contributed by atoms with E-state index in [0.29, 0.717) is 13.0 Å². The van der Waals surface area contributed by atoms with Crippen LogP contribution in [0, 0.1) is 0 Å². The molecule has 0 rings (SSSR count). The zero-order valence-electron chi connectivity index (χ0n) is 7.08. The van der Waals surface area contributed by atoms with Crippen molar-refractivity contribution < 1.29 is 9.90 Å². The van der Waals surface area contributed by atoms with E-state index in [1.54, 1.807) is 11.9 Å². The van der Waals surface area contributed by atoms with Gasteiger partial charge in [0.05, 0.1) is 12.6 Å². The van der Waals surface area contributed by atoms with Gasteiger partial charge in [-0.2, -0.15) is 0 Å². The van der Waals surface area contributed by atoms with Gasteiger partial charge in [0.2, 0.25) is 5.91 Å². The molecule has 0 aromatic rings. The number of nitrogens with zero attached hydrogens (tertiary/aromatic N) is 1. The van der Waals surface area contributed by atoms with E-state index in [0.717, 1.165) is 0 Å². The van der Waals surface area contributed by atoms with Crippen LogP contribution >= 0.6 is 0 Å². The smallest absolute Gasteiger partial charge is 0.234 e. The first-order chi connectivity index (χ1) is 5.13. The molecule has 0 saturated carbocycles. The Bertz CT molecular complexity index is 128. The lowest BCUT2D eigenvalue weighted by Crippen LogP contribution is -2.43. The molecule has 0 aliphatic heterocycles. The Kier molecular flexibility index (Phi) is 4.81. The molecule has 0 aromatic carbocycles. The largest absolute Gasteiger partial charge is 0.395 e. The van der Waals surface area contributed by atoms with Gasteiger partial charge in [0, 0.05) is 6.54 Å². The highest BCUT2D eigenvalue weighted by Crippen LogP contribution is 1.99. The zero-order chi connectivity index (χ0) is 8.85. The molecule has 4 heteroatoms. The first-order valence-corrected chi connectivity index (χ1v) is 3.73. The maximum Gasteiger partial charge on any atom is 0.234 e. The lowest BCUT2D eigenvalue weighted by atomic mass is 10.2. The number of rotatable bonds is 5. The Morgan fingerprint density at radius 2 is 2.27 bits per heavy atom. The molecule has 0 aromatic heterocycles. The Morgan fingerprint density at radius 1 is 1.73 bits per heavy atom. The Balaban J connectivity index is 3.91. The number of nitrogens with two attached hydrogens (primary N) is 1. The van der Waals surface area contributed by atoms with E-state index < -0.39 is 0 Å². The molecular weight excluding hydrogens is 144 g/mol. The van der Waals surface area contributed by atoms with Crippen LogP contribution in [0.1, 0.15) is 13.3 Å². The Hall–Kier alpha value is -0.610. The lowest BCUT2D eigenvalue weighted by Gasteiger charge is -2.22. The Labute approximate surface area is 67.0 Å². The summed E-state index contributed by atoms with van der Waals surface area (Å²) in [5.74, 6) is -0.330. The van der Waals surface area contributed by atoms with Gasteiger partial charge in [-0.25, -0.2) is 0 Å². The molecule has 0 heterocycles. The van der Waals surface area contributed by atoms with Crippen LogP contribution in [0.3, 0.4) is 0 Å². The number of primary amides is 1. The highest BCUT2D eigenvalue weighted by molar-refractivity contribution is 5.79. The third kappa shape index (κ3) is 3.34. The van der Waals surface area contributed by atoms with E-state index in [1.165, 1.54) is 0 Å². The molecule has 0 aliphatic rings. The van der Waals surface area contributed by atoms with Gasteiger partial charge in [0.15, 0.2) is 0 Å². The van der Waals surface area contributed by atoms with Crippen LogP contribution in [-0.2, 0) is 4.79 Å². The van der Waals surface area contributed by atoms with E-state index in [4.69, 9.17) is 10.8 Å². The summed E-state index contributed by atoms with van der Waals surface area (Å²) in [6, 6.07) is -0.248. The van der Waals surface area contributed by atoms with Crippen molar-refractivity contribution >= 4 is 5.91 Å². The van der Waals surface area contributed by atoms with Gasteiger partial charge in [-0.1, -0.05) is 6.92 Å². The Morgan fingerprint density at radius 3 is 2.55 bits per heavy atom. The number of aliphatic hydroxyl groups excluding tert-OH is 1. The van der Waals surface area contributed by atoms with Gasteiger partial charge in [-0.3, -0.25) is 9.69 Å². The molecule has 0 fully saturated rings. The summed E-state index contributed by atoms with van der Waals surface area (Å²) in [7, 11) is 1.77. The molecule has 4 nitrogen and oxygen atoms in total. The van der Waals surface area contributed by atoms with E-state index in [2.05, 4.69) is 0 Å². The first kappa shape index (κ1) is 10.4. The minimum absolute atomic E-state index is 0.0558. The quantitative estimate of drug-likeness (QED) is 0.552. The van der Waals surface area contributed by atoms with Crippen LogP contribution in [0.4, 0.5) is 0 Å². The summed E-state index contributed by atoms with van der Waals surface area (Å²) < 4.78 is 0. The molecule has 3 N–H and O–H groups in total. The third-order valence-electron chi connectivity index (χ3n) is 1.70. The first-order valence-electron chi connectivity index (χ1n) is 3.73. The van der Waals surface area contributed by atoms with Crippen molar-refractivity contribution in [2.75, 3.05) is 20.2 Å². The number of hydrogen-bond donors (Lipinski definition) is 2. The average molecular weight is 160 g/mol. The van der Waals surface area contributed by atoms with E-state index in [-0.39, 0.29) is 18.6 Å². The predicted octanol–water partition coefficient (Wildman–Crippen LogP) is -0.826. The molecule has 1 atom stereocenters. The number of aliphatic hydroxyl groups is 1. The molecule has 1 unspecified atom stereocenters. The maximum absolute atomic E-state index is 10.7. The number of amides is 1. The van der Waals surface area contributed by atoms with Crippen LogP contribution in [0.5, 0.6) is 0 Å². The lowest BCUT2D eigenvalue weighted by molar-refractivity contribution is -0.123. The van der Waals surface area contributed by atoms with E-state index in [1.807, 2.05) is 6.92 Å². The van der Waals surface area contributed by atoms with Crippen molar-refractivity contribution in [1.29, 1.82) is 0 Å².